The lowest BCUT2D eigenvalue weighted by molar-refractivity contribution is 0.0989. The zero-order chi connectivity index (χ0) is 23.0. The van der Waals surface area contributed by atoms with Crippen LogP contribution in [-0.4, -0.2) is 20.9 Å². The third-order valence-electron chi connectivity index (χ3n) is 5.72. The lowest BCUT2D eigenvalue weighted by atomic mass is 10.1. The fraction of sp³-hybridized carbons (Fsp3) is 0.240. The van der Waals surface area contributed by atoms with Gasteiger partial charge >= 0.3 is 0 Å². The number of carbonyl (C=O) groups is 1. The van der Waals surface area contributed by atoms with E-state index < -0.39 is 10.0 Å². The van der Waals surface area contributed by atoms with E-state index >= 15 is 0 Å². The number of carbonyl (C=O) groups excluding carboxylic acids is 1. The highest BCUT2D eigenvalue weighted by molar-refractivity contribution is 7.89. The van der Waals surface area contributed by atoms with Crippen LogP contribution in [0.2, 0.25) is 5.02 Å². The van der Waals surface area contributed by atoms with E-state index in [4.69, 9.17) is 11.6 Å². The van der Waals surface area contributed by atoms with Crippen molar-refractivity contribution in [3.05, 3.63) is 93.0 Å². The average Bonchev–Trinajstić information content (AvgIpc) is 3.14. The van der Waals surface area contributed by atoms with Crippen LogP contribution >= 0.6 is 11.6 Å². The smallest absolute Gasteiger partial charge is 0.258 e. The minimum Gasteiger partial charge on any atom is -0.308 e. The van der Waals surface area contributed by atoms with Crippen LogP contribution in [0.25, 0.3) is 0 Å². The van der Waals surface area contributed by atoms with Crippen molar-refractivity contribution in [1.82, 2.24) is 4.72 Å². The molecule has 0 fully saturated rings. The number of nitrogens with one attached hydrogen (secondary N) is 1. The van der Waals surface area contributed by atoms with Crippen molar-refractivity contribution in [3.63, 3.8) is 0 Å². The van der Waals surface area contributed by atoms with Gasteiger partial charge in [0.1, 0.15) is 0 Å². The van der Waals surface area contributed by atoms with Crippen molar-refractivity contribution in [2.45, 2.75) is 38.6 Å². The molecule has 5 nitrogen and oxygen atoms in total. The fourth-order valence-electron chi connectivity index (χ4n) is 4.37. The summed E-state index contributed by atoms with van der Waals surface area (Å²) in [7, 11) is -3.64. The Balaban J connectivity index is 1.51. The zero-order valence-electron chi connectivity index (χ0n) is 18.3. The van der Waals surface area contributed by atoms with E-state index in [-0.39, 0.29) is 12.5 Å². The van der Waals surface area contributed by atoms with E-state index in [1.807, 2.05) is 51.1 Å². The van der Waals surface area contributed by atoms with E-state index in [1.54, 1.807) is 29.2 Å². The van der Waals surface area contributed by atoms with Gasteiger partial charge in [0.05, 0.1) is 4.90 Å². The van der Waals surface area contributed by atoms with Gasteiger partial charge in [-0.1, -0.05) is 41.4 Å². The Hall–Kier alpha value is -2.67. The molecule has 1 aliphatic rings. The Labute approximate surface area is 194 Å². The van der Waals surface area contributed by atoms with Crippen molar-refractivity contribution < 1.29 is 13.2 Å². The first kappa shape index (κ1) is 22.5. The largest absolute Gasteiger partial charge is 0.308 e. The third kappa shape index (κ3) is 4.44. The molecular weight excluding hydrogens is 444 g/mol. The van der Waals surface area contributed by atoms with Gasteiger partial charge in [-0.3, -0.25) is 4.79 Å². The Morgan fingerprint density at radius 1 is 1.00 bits per heavy atom. The lowest BCUT2D eigenvalue weighted by Crippen LogP contribution is -2.28. The molecule has 0 spiro atoms. The molecule has 3 aromatic carbocycles. The number of aryl methyl sites for hydroxylation is 3. The monoisotopic (exact) mass is 468 g/mol. The van der Waals surface area contributed by atoms with Crippen LogP contribution in [0.15, 0.2) is 59.5 Å². The van der Waals surface area contributed by atoms with Crippen molar-refractivity contribution in [3.8, 4) is 0 Å². The first-order valence-corrected chi connectivity index (χ1v) is 12.3. The average molecular weight is 469 g/mol. The molecule has 0 aliphatic carbocycles. The first-order valence-electron chi connectivity index (χ1n) is 10.4. The summed E-state index contributed by atoms with van der Waals surface area (Å²) >= 11 is 5.93. The van der Waals surface area contributed by atoms with E-state index in [0.29, 0.717) is 22.0 Å². The molecule has 1 heterocycles. The predicted octanol–water partition coefficient (Wildman–Crippen LogP) is 4.95. The summed E-state index contributed by atoms with van der Waals surface area (Å²) in [5.74, 6) is -0.0702. The zero-order valence-corrected chi connectivity index (χ0v) is 19.8. The molecule has 32 heavy (non-hydrogen) atoms. The predicted molar refractivity (Wildman–Crippen MR) is 128 cm³/mol. The normalized spacial score (nSPS) is 13.3. The second kappa shape index (κ2) is 8.70. The molecule has 0 saturated carbocycles. The summed E-state index contributed by atoms with van der Waals surface area (Å²) in [4.78, 5) is 15.0. The molecule has 1 aliphatic heterocycles. The van der Waals surface area contributed by atoms with Gasteiger partial charge in [0.2, 0.25) is 10.0 Å². The highest BCUT2D eigenvalue weighted by atomic mass is 35.5. The maximum atomic E-state index is 12.9. The van der Waals surface area contributed by atoms with Crippen LogP contribution < -0.4 is 9.62 Å². The van der Waals surface area contributed by atoms with Crippen LogP contribution in [0.4, 0.5) is 5.69 Å². The van der Waals surface area contributed by atoms with Crippen molar-refractivity contribution in [2.24, 2.45) is 0 Å². The second-order valence-corrected chi connectivity index (χ2v) is 10.4. The molecule has 4 rings (SSSR count). The lowest BCUT2D eigenvalue weighted by Gasteiger charge is -2.18. The van der Waals surface area contributed by atoms with Gasteiger partial charge in [-0.15, -0.1) is 0 Å². The quantitative estimate of drug-likeness (QED) is 0.576. The number of nitrogens with zero attached hydrogens (tertiary/aromatic N) is 1. The SMILES string of the molecule is Cc1cc(C)c(S(=O)(=O)NCc2ccc3c(c2)CCN3C(=O)c2ccc(Cl)cc2)c(C)c1. The Morgan fingerprint density at radius 2 is 1.66 bits per heavy atom. The molecule has 0 aromatic heterocycles. The summed E-state index contributed by atoms with van der Waals surface area (Å²) in [6, 6.07) is 16.3. The van der Waals surface area contributed by atoms with Crippen LogP contribution in [0.5, 0.6) is 0 Å². The fourth-order valence-corrected chi connectivity index (χ4v) is 5.96. The number of amides is 1. The molecule has 1 N–H and O–H groups in total. The molecule has 0 atom stereocenters. The van der Waals surface area contributed by atoms with Crippen LogP contribution in [-0.2, 0) is 23.0 Å². The van der Waals surface area contributed by atoms with Gasteiger partial charge in [-0.05, 0) is 79.8 Å². The summed E-state index contributed by atoms with van der Waals surface area (Å²) in [5, 5.41) is 0.589. The number of rotatable bonds is 5. The maximum Gasteiger partial charge on any atom is 0.258 e. The number of hydrogen-bond acceptors (Lipinski definition) is 3. The number of halogens is 1. The Morgan fingerprint density at radius 3 is 2.31 bits per heavy atom. The molecule has 3 aromatic rings. The second-order valence-electron chi connectivity index (χ2n) is 8.23. The van der Waals surface area contributed by atoms with E-state index in [9.17, 15) is 13.2 Å². The molecule has 166 valence electrons. The number of sulfonamides is 1. The molecule has 0 radical (unpaired) electrons. The number of fused-ring (bicyclic) bond motifs is 1. The van der Waals surface area contributed by atoms with Crippen LogP contribution in [0, 0.1) is 20.8 Å². The Bertz CT molecular complexity index is 1280. The van der Waals surface area contributed by atoms with Crippen LogP contribution in [0.1, 0.15) is 38.2 Å². The first-order chi connectivity index (χ1) is 15.2. The molecule has 0 saturated heterocycles. The van der Waals surface area contributed by atoms with Gasteiger partial charge in [0, 0.05) is 29.4 Å². The van der Waals surface area contributed by atoms with Gasteiger partial charge in [0.25, 0.3) is 5.91 Å². The topological polar surface area (TPSA) is 66.5 Å². The molecular formula is C25H25ClN2O3S. The summed E-state index contributed by atoms with van der Waals surface area (Å²) < 4.78 is 28.6. The summed E-state index contributed by atoms with van der Waals surface area (Å²) in [6.07, 6.45) is 0.728. The van der Waals surface area contributed by atoms with Gasteiger partial charge < -0.3 is 4.90 Å². The van der Waals surface area contributed by atoms with E-state index in [1.165, 1.54) is 0 Å². The number of anilines is 1. The standard InChI is InChI=1S/C25H25ClN2O3S/c1-16-12-17(2)24(18(3)13-16)32(30,31)27-15-19-4-9-23-21(14-19)10-11-28(23)25(29)20-5-7-22(26)8-6-20/h4-9,12-14,27H,10-11,15H2,1-3H3. The minimum absolute atomic E-state index is 0.0702. The van der Waals surface area contributed by atoms with E-state index in [0.717, 1.165) is 39.9 Å². The van der Waals surface area contributed by atoms with Gasteiger partial charge in [-0.25, -0.2) is 13.1 Å². The highest BCUT2D eigenvalue weighted by Crippen LogP contribution is 2.31. The number of hydrogen-bond donors (Lipinski definition) is 1. The van der Waals surface area contributed by atoms with Crippen molar-refractivity contribution in [2.75, 3.05) is 11.4 Å². The van der Waals surface area contributed by atoms with Gasteiger partial charge in [-0.2, -0.15) is 0 Å². The molecule has 1 amide bonds. The number of benzene rings is 3. The molecule has 0 unspecified atom stereocenters. The highest BCUT2D eigenvalue weighted by Gasteiger charge is 2.26. The third-order valence-corrected chi connectivity index (χ3v) is 7.67. The summed E-state index contributed by atoms with van der Waals surface area (Å²) in [6.45, 7) is 6.36. The summed E-state index contributed by atoms with van der Waals surface area (Å²) in [5.41, 5.74) is 5.85. The minimum atomic E-state index is -3.64. The van der Waals surface area contributed by atoms with Crippen molar-refractivity contribution >= 4 is 33.2 Å². The molecule has 0 bridgehead atoms. The van der Waals surface area contributed by atoms with Crippen molar-refractivity contribution in [1.29, 1.82) is 0 Å². The van der Waals surface area contributed by atoms with Gasteiger partial charge in [0.15, 0.2) is 0 Å². The molecule has 7 heteroatoms. The van der Waals surface area contributed by atoms with E-state index in [2.05, 4.69) is 4.72 Å². The Kier molecular flexibility index (Phi) is 6.12. The van der Waals surface area contributed by atoms with Crippen LogP contribution in [0.3, 0.4) is 0 Å². The maximum absolute atomic E-state index is 12.9.